The Morgan fingerprint density at radius 3 is 1.84 bits per heavy atom. The number of likely N-dealkylation sites (N-methyl/N-ethyl adjacent to an activating group) is 2. The summed E-state index contributed by atoms with van der Waals surface area (Å²) in [4.78, 5) is 48.7. The predicted molar refractivity (Wildman–Crippen MR) is 111 cm³/mol. The van der Waals surface area contributed by atoms with Gasteiger partial charge in [-0.15, -0.1) is 0 Å². The Labute approximate surface area is 183 Å². The molecule has 0 unspecified atom stereocenters. The third kappa shape index (κ3) is 8.90. The fraction of sp³-hybridized carbons (Fsp3) is 0.800. The Kier molecular flexibility index (Phi) is 11.6. The summed E-state index contributed by atoms with van der Waals surface area (Å²) in [5, 5.41) is 11.3. The summed E-state index contributed by atoms with van der Waals surface area (Å²) in [6, 6.07) is -0.631. The number of amides is 1. The van der Waals surface area contributed by atoms with E-state index in [1.165, 1.54) is 7.11 Å². The minimum absolute atomic E-state index is 0.0419. The average molecular weight is 446 g/mol. The number of esters is 1. The topological polar surface area (TPSA) is 135 Å². The first kappa shape index (κ1) is 27.0. The molecule has 1 amide bonds. The largest absolute Gasteiger partial charge is 0.480 e. The van der Waals surface area contributed by atoms with Gasteiger partial charge in [-0.05, 0) is 20.5 Å². The molecule has 31 heavy (non-hydrogen) atoms. The lowest BCUT2D eigenvalue weighted by Gasteiger charge is -2.17. The first-order valence-electron chi connectivity index (χ1n) is 10.2. The molecule has 0 aromatic carbocycles. The van der Waals surface area contributed by atoms with E-state index in [1.807, 2.05) is 11.9 Å². The highest BCUT2D eigenvalue weighted by Crippen LogP contribution is 2.18. The molecule has 0 saturated carbocycles. The van der Waals surface area contributed by atoms with Crippen LogP contribution in [0.1, 0.15) is 25.7 Å². The molecule has 4 atom stereocenters. The third-order valence-corrected chi connectivity index (χ3v) is 5.57. The maximum absolute atomic E-state index is 12.0. The van der Waals surface area contributed by atoms with Crippen molar-refractivity contribution in [1.29, 1.82) is 0 Å². The standard InChI is InChI=1S/C13H22N2O5.C7H13NO3/c1-15-8-10(19-2)6-11(15)13(18)14-7-9(16)4-5-12(17)20-3;1-8-4-5(11-2)3-6(8)7(9)10/h10-11H,4-8H2,1-3H3,(H,14,18);5-6H,3-4H2,1-2H3,(H,9,10)/t10-,11-;5-,6-/m00/s1. The Morgan fingerprint density at radius 2 is 1.42 bits per heavy atom. The molecule has 11 nitrogen and oxygen atoms in total. The van der Waals surface area contributed by atoms with Gasteiger partial charge < -0.3 is 24.6 Å². The number of carbonyl (C=O) groups excluding carboxylic acids is 3. The smallest absolute Gasteiger partial charge is 0.321 e. The van der Waals surface area contributed by atoms with E-state index in [0.29, 0.717) is 25.9 Å². The average Bonchev–Trinajstić information content (AvgIpc) is 3.32. The van der Waals surface area contributed by atoms with Crippen LogP contribution in [0.4, 0.5) is 0 Å². The number of ether oxygens (including phenoxy) is 3. The summed E-state index contributed by atoms with van der Waals surface area (Å²) in [5.41, 5.74) is 0. The number of hydrogen-bond donors (Lipinski definition) is 2. The van der Waals surface area contributed by atoms with Crippen molar-refractivity contribution in [3.63, 3.8) is 0 Å². The van der Waals surface area contributed by atoms with Crippen molar-refractivity contribution in [2.75, 3.05) is 55.1 Å². The van der Waals surface area contributed by atoms with Gasteiger partial charge in [-0.25, -0.2) is 0 Å². The van der Waals surface area contributed by atoms with Crippen molar-refractivity contribution in [3.05, 3.63) is 0 Å². The van der Waals surface area contributed by atoms with Gasteiger partial charge in [0.2, 0.25) is 5.91 Å². The van der Waals surface area contributed by atoms with Crippen molar-refractivity contribution in [2.45, 2.75) is 50.0 Å². The van der Waals surface area contributed by atoms with Crippen molar-refractivity contribution in [1.82, 2.24) is 15.1 Å². The molecule has 0 aromatic heterocycles. The van der Waals surface area contributed by atoms with Crippen molar-refractivity contribution in [3.8, 4) is 0 Å². The molecular weight excluding hydrogens is 410 g/mol. The van der Waals surface area contributed by atoms with Gasteiger partial charge in [0.1, 0.15) is 6.04 Å². The lowest BCUT2D eigenvalue weighted by molar-refractivity contribution is -0.142. The first-order valence-corrected chi connectivity index (χ1v) is 10.2. The number of carbonyl (C=O) groups is 4. The van der Waals surface area contributed by atoms with Gasteiger partial charge in [0, 0.05) is 40.2 Å². The fourth-order valence-electron chi connectivity index (χ4n) is 3.58. The summed E-state index contributed by atoms with van der Waals surface area (Å²) < 4.78 is 14.7. The van der Waals surface area contributed by atoms with E-state index in [4.69, 9.17) is 14.6 Å². The number of nitrogens with zero attached hydrogens (tertiary/aromatic N) is 2. The quantitative estimate of drug-likeness (QED) is 0.431. The second-order valence-corrected chi connectivity index (χ2v) is 7.77. The molecular formula is C20H35N3O8. The molecule has 2 fully saturated rings. The van der Waals surface area contributed by atoms with E-state index in [9.17, 15) is 19.2 Å². The zero-order chi connectivity index (χ0) is 23.6. The van der Waals surface area contributed by atoms with E-state index in [0.717, 1.165) is 0 Å². The molecule has 178 valence electrons. The molecule has 2 saturated heterocycles. The van der Waals surface area contributed by atoms with Gasteiger partial charge in [-0.3, -0.25) is 29.0 Å². The Hall–Kier alpha value is -2.08. The molecule has 2 heterocycles. The zero-order valence-corrected chi connectivity index (χ0v) is 19.0. The van der Waals surface area contributed by atoms with Crippen LogP contribution in [-0.4, -0.2) is 118 Å². The fourth-order valence-corrected chi connectivity index (χ4v) is 3.58. The lowest BCUT2D eigenvalue weighted by atomic mass is 10.1. The maximum Gasteiger partial charge on any atom is 0.321 e. The van der Waals surface area contributed by atoms with E-state index in [1.54, 1.807) is 26.2 Å². The number of nitrogens with one attached hydrogen (secondary N) is 1. The Balaban J connectivity index is 0.000000367. The lowest BCUT2D eigenvalue weighted by Crippen LogP contribution is -2.43. The van der Waals surface area contributed by atoms with Gasteiger partial charge in [0.25, 0.3) is 0 Å². The molecule has 0 bridgehead atoms. The molecule has 2 aliphatic heterocycles. The van der Waals surface area contributed by atoms with Crippen LogP contribution in [-0.2, 0) is 33.4 Å². The summed E-state index contributed by atoms with van der Waals surface area (Å²) in [5.74, 6) is -1.55. The number of likely N-dealkylation sites (tertiary alicyclic amines) is 2. The number of aliphatic carboxylic acids is 1. The highest BCUT2D eigenvalue weighted by atomic mass is 16.5. The monoisotopic (exact) mass is 445 g/mol. The van der Waals surface area contributed by atoms with Crippen LogP contribution in [0.3, 0.4) is 0 Å². The molecule has 0 aliphatic carbocycles. The Bertz CT molecular complexity index is 630. The second-order valence-electron chi connectivity index (χ2n) is 7.77. The zero-order valence-electron chi connectivity index (χ0n) is 19.0. The molecule has 0 aromatic rings. The molecule has 11 heteroatoms. The molecule has 2 aliphatic rings. The number of hydrogen-bond acceptors (Lipinski definition) is 9. The molecule has 0 spiro atoms. The summed E-state index contributed by atoms with van der Waals surface area (Å²) in [6.07, 6.45) is 1.47. The summed E-state index contributed by atoms with van der Waals surface area (Å²) in [6.45, 7) is 1.36. The van der Waals surface area contributed by atoms with E-state index in [-0.39, 0.29) is 55.4 Å². The minimum Gasteiger partial charge on any atom is -0.480 e. The van der Waals surface area contributed by atoms with Gasteiger partial charge in [-0.1, -0.05) is 0 Å². The van der Waals surface area contributed by atoms with E-state index in [2.05, 4.69) is 10.1 Å². The highest BCUT2D eigenvalue weighted by Gasteiger charge is 2.35. The van der Waals surface area contributed by atoms with Gasteiger partial charge >= 0.3 is 11.9 Å². The molecule has 0 radical (unpaired) electrons. The van der Waals surface area contributed by atoms with Crippen molar-refractivity contribution < 1.29 is 38.5 Å². The minimum atomic E-state index is -0.757. The van der Waals surface area contributed by atoms with E-state index >= 15 is 0 Å². The van der Waals surface area contributed by atoms with Gasteiger partial charge in [0.15, 0.2) is 5.78 Å². The molecule has 2 rings (SSSR count). The number of Topliss-reactive ketones (excluding diaryl/α,β-unsaturated/α-hetero) is 1. The van der Waals surface area contributed by atoms with Crippen LogP contribution >= 0.6 is 0 Å². The predicted octanol–water partition coefficient (Wildman–Crippen LogP) is -0.866. The van der Waals surface area contributed by atoms with Crippen molar-refractivity contribution >= 4 is 23.6 Å². The van der Waals surface area contributed by atoms with Crippen molar-refractivity contribution in [2.24, 2.45) is 0 Å². The number of ketones is 1. The van der Waals surface area contributed by atoms with Crippen LogP contribution in [0.15, 0.2) is 0 Å². The number of methoxy groups -OCH3 is 3. The molecule has 2 N–H and O–H groups in total. The van der Waals surface area contributed by atoms with E-state index < -0.39 is 11.9 Å². The third-order valence-electron chi connectivity index (χ3n) is 5.57. The number of rotatable bonds is 9. The first-order chi connectivity index (χ1) is 14.6. The number of carboxylic acids is 1. The second kappa shape index (κ2) is 13.4. The van der Waals surface area contributed by atoms with Crippen LogP contribution in [0, 0.1) is 0 Å². The Morgan fingerprint density at radius 1 is 0.903 bits per heavy atom. The van der Waals surface area contributed by atoms with Crippen LogP contribution < -0.4 is 5.32 Å². The van der Waals surface area contributed by atoms with Crippen LogP contribution in [0.5, 0.6) is 0 Å². The van der Waals surface area contributed by atoms with Crippen LogP contribution in [0.2, 0.25) is 0 Å². The summed E-state index contributed by atoms with van der Waals surface area (Å²) in [7, 11) is 8.16. The van der Waals surface area contributed by atoms with Crippen LogP contribution in [0.25, 0.3) is 0 Å². The van der Waals surface area contributed by atoms with Gasteiger partial charge in [0.05, 0.1) is 38.3 Å². The number of carboxylic acid groups (broad SMARTS) is 1. The normalized spacial score (nSPS) is 26.1. The maximum atomic E-state index is 12.0. The van der Waals surface area contributed by atoms with Gasteiger partial charge in [-0.2, -0.15) is 0 Å². The summed E-state index contributed by atoms with van der Waals surface area (Å²) >= 11 is 0. The SMILES string of the molecule is COC(=O)CCC(=O)CNC(=O)[C@@H]1C[C@H](OC)CN1C.CO[C@H]1C[C@@H](C(=O)O)N(C)C1. The highest BCUT2D eigenvalue weighted by molar-refractivity contribution is 5.89.